The summed E-state index contributed by atoms with van der Waals surface area (Å²) in [6.07, 6.45) is -5.66. The lowest BCUT2D eigenvalue weighted by Crippen LogP contribution is -2.28. The molecule has 1 aromatic carbocycles. The maximum atomic E-state index is 13.5. The number of aryl methyl sites for hydroxylation is 3. The van der Waals surface area contributed by atoms with Crippen LogP contribution < -0.4 is 16.4 Å². The molecule has 0 fully saturated rings. The van der Waals surface area contributed by atoms with Crippen molar-refractivity contribution in [1.29, 1.82) is 0 Å². The first-order valence-corrected chi connectivity index (χ1v) is 9.66. The molecule has 0 aliphatic carbocycles. The summed E-state index contributed by atoms with van der Waals surface area (Å²) >= 11 is 0. The molecule has 0 aliphatic rings. The molecule has 0 atom stereocenters. The second-order valence-corrected chi connectivity index (χ2v) is 7.44. The van der Waals surface area contributed by atoms with Crippen molar-refractivity contribution in [2.24, 2.45) is 0 Å². The van der Waals surface area contributed by atoms with E-state index in [9.17, 15) is 22.4 Å². The first-order valence-electron chi connectivity index (χ1n) is 9.66. The maximum Gasteiger partial charge on any atom is 0.411 e. The van der Waals surface area contributed by atoms with E-state index in [1.807, 2.05) is 0 Å². The highest BCUT2D eigenvalue weighted by Crippen LogP contribution is 2.33. The zero-order chi connectivity index (χ0) is 23.2. The van der Waals surface area contributed by atoms with Crippen molar-refractivity contribution >= 4 is 11.6 Å². The van der Waals surface area contributed by atoms with Gasteiger partial charge in [0.15, 0.2) is 0 Å². The van der Waals surface area contributed by atoms with Crippen LogP contribution in [0.2, 0.25) is 0 Å². The molecule has 4 rings (SSSR count). The highest BCUT2D eigenvalue weighted by atomic mass is 19.4. The average molecular weight is 447 g/mol. The monoisotopic (exact) mass is 447 g/mol. The average Bonchev–Trinajstić information content (AvgIpc) is 3.02. The molecule has 4 aromatic rings. The Morgan fingerprint density at radius 2 is 1.69 bits per heavy atom. The quantitative estimate of drug-likeness (QED) is 0.486. The van der Waals surface area contributed by atoms with Crippen LogP contribution in [0, 0.1) is 19.7 Å². The Kier molecular flexibility index (Phi) is 5.19. The summed E-state index contributed by atoms with van der Waals surface area (Å²) in [5.74, 6) is -0.554. The van der Waals surface area contributed by atoms with Gasteiger partial charge in [0.1, 0.15) is 11.5 Å². The standard InChI is InChI=1S/C21H18F4N6O/c1-11-9-14(10-12(2)27-11)16-17(13-3-5-15(22)6-4-13)28-19(26)31-18(16)29-30(20(31)32)8-7-21(23,24)25/h3-6,9-10H,7-8H2,1-2H3,(H2,26,28)/p+1. The van der Waals surface area contributed by atoms with Crippen LogP contribution in [0.15, 0.2) is 41.2 Å². The van der Waals surface area contributed by atoms with E-state index in [2.05, 4.69) is 15.1 Å². The molecule has 0 bridgehead atoms. The van der Waals surface area contributed by atoms with Gasteiger partial charge < -0.3 is 0 Å². The van der Waals surface area contributed by atoms with Crippen LogP contribution in [0.3, 0.4) is 0 Å². The van der Waals surface area contributed by atoms with Crippen LogP contribution in [0.25, 0.3) is 28.0 Å². The van der Waals surface area contributed by atoms with Gasteiger partial charge >= 0.3 is 17.8 Å². The minimum absolute atomic E-state index is 0.0812. The molecule has 3 aromatic heterocycles. The first kappa shape index (κ1) is 21.5. The van der Waals surface area contributed by atoms with E-state index in [4.69, 9.17) is 5.73 Å². The summed E-state index contributed by atoms with van der Waals surface area (Å²) < 4.78 is 53.5. The number of aromatic nitrogens is 5. The number of anilines is 1. The Balaban J connectivity index is 2.05. The molecule has 0 unspecified atom stereocenters. The smallest absolute Gasteiger partial charge is 0.290 e. The third-order valence-corrected chi connectivity index (χ3v) is 4.92. The van der Waals surface area contributed by atoms with Crippen LogP contribution in [0.1, 0.15) is 17.8 Å². The summed E-state index contributed by atoms with van der Waals surface area (Å²) in [7, 11) is 0. The lowest BCUT2D eigenvalue weighted by molar-refractivity contribution is -0.351. The Labute approximate surface area is 179 Å². The zero-order valence-corrected chi connectivity index (χ0v) is 17.2. The summed E-state index contributed by atoms with van der Waals surface area (Å²) in [6, 6.07) is 9.12. The number of nitrogens with one attached hydrogen (secondary N) is 1. The fourth-order valence-corrected chi connectivity index (χ4v) is 3.61. The summed E-state index contributed by atoms with van der Waals surface area (Å²) in [6.45, 7) is 2.93. The van der Waals surface area contributed by atoms with E-state index in [0.717, 1.165) is 9.08 Å². The minimum Gasteiger partial charge on any atom is -0.290 e. The molecule has 166 valence electrons. The normalized spacial score (nSPS) is 11.9. The highest BCUT2D eigenvalue weighted by Gasteiger charge is 2.30. The van der Waals surface area contributed by atoms with Gasteiger partial charge in [0.2, 0.25) is 5.65 Å². The lowest BCUT2D eigenvalue weighted by Gasteiger charge is -2.10. The number of H-pyrrole nitrogens is 1. The Hall–Kier alpha value is -3.76. The number of benzene rings is 1. The molecule has 0 amide bonds. The predicted octanol–water partition coefficient (Wildman–Crippen LogP) is 3.33. The van der Waals surface area contributed by atoms with Gasteiger partial charge in [-0.05, 0) is 55.8 Å². The number of nitrogen functional groups attached to an aromatic ring is 1. The van der Waals surface area contributed by atoms with Crippen LogP contribution in [-0.2, 0) is 6.54 Å². The molecule has 0 saturated carbocycles. The lowest BCUT2D eigenvalue weighted by atomic mass is 9.99. The van der Waals surface area contributed by atoms with Crippen LogP contribution in [0.4, 0.5) is 23.5 Å². The van der Waals surface area contributed by atoms with Gasteiger partial charge in [-0.2, -0.15) is 17.9 Å². The maximum absolute atomic E-state index is 13.5. The fraction of sp³-hybridized carbons (Fsp3) is 0.238. The largest absolute Gasteiger partial charge is 0.411 e. The number of rotatable bonds is 4. The van der Waals surface area contributed by atoms with Crippen molar-refractivity contribution < 1.29 is 22.5 Å². The van der Waals surface area contributed by atoms with E-state index in [1.54, 1.807) is 26.0 Å². The minimum atomic E-state index is -4.45. The van der Waals surface area contributed by atoms with Gasteiger partial charge in [-0.1, -0.05) is 0 Å². The van der Waals surface area contributed by atoms with Gasteiger partial charge in [-0.15, -0.1) is 9.50 Å². The summed E-state index contributed by atoms with van der Waals surface area (Å²) in [5.41, 5.74) is 8.80. The third kappa shape index (κ3) is 4.05. The molecule has 32 heavy (non-hydrogen) atoms. The topological polar surface area (TPSA) is 92.3 Å². The van der Waals surface area contributed by atoms with E-state index >= 15 is 0 Å². The fourth-order valence-electron chi connectivity index (χ4n) is 3.61. The van der Waals surface area contributed by atoms with Gasteiger partial charge in [0.25, 0.3) is 0 Å². The van der Waals surface area contributed by atoms with Crippen molar-refractivity contribution in [3.63, 3.8) is 0 Å². The van der Waals surface area contributed by atoms with Crippen LogP contribution in [-0.4, -0.2) is 25.3 Å². The number of hydrogen-bond donors (Lipinski definition) is 1. The van der Waals surface area contributed by atoms with Crippen molar-refractivity contribution in [3.8, 4) is 22.4 Å². The zero-order valence-electron chi connectivity index (χ0n) is 17.2. The van der Waals surface area contributed by atoms with Crippen molar-refractivity contribution in [1.82, 2.24) is 19.2 Å². The SMILES string of the molecule is Cc1cc(-c2c(-c3ccc(F)cc3)[nH+]c(N)n3c(=O)n(CCC(F)(F)F)nc23)cc(C)n1. The number of hydrogen-bond acceptors (Lipinski definition) is 4. The van der Waals surface area contributed by atoms with Gasteiger partial charge in [-0.25, -0.2) is 14.2 Å². The van der Waals surface area contributed by atoms with E-state index < -0.39 is 30.6 Å². The Morgan fingerprint density at radius 1 is 1.06 bits per heavy atom. The molecule has 0 aliphatic heterocycles. The van der Waals surface area contributed by atoms with E-state index in [0.29, 0.717) is 33.8 Å². The Morgan fingerprint density at radius 3 is 2.28 bits per heavy atom. The van der Waals surface area contributed by atoms with Gasteiger partial charge in [-0.3, -0.25) is 10.7 Å². The molecule has 0 saturated heterocycles. The first-order chi connectivity index (χ1) is 15.0. The van der Waals surface area contributed by atoms with Crippen LogP contribution in [0.5, 0.6) is 0 Å². The number of alkyl halides is 3. The van der Waals surface area contributed by atoms with E-state index in [1.165, 1.54) is 24.3 Å². The van der Waals surface area contributed by atoms with Crippen molar-refractivity contribution in [2.45, 2.75) is 33.0 Å². The third-order valence-electron chi connectivity index (χ3n) is 4.92. The number of aromatic amines is 1. The molecule has 3 heterocycles. The van der Waals surface area contributed by atoms with Crippen molar-refractivity contribution in [3.05, 3.63) is 64.1 Å². The Bertz CT molecular complexity index is 1350. The van der Waals surface area contributed by atoms with Crippen LogP contribution >= 0.6 is 0 Å². The molecule has 0 spiro atoms. The van der Waals surface area contributed by atoms with Crippen molar-refractivity contribution in [2.75, 3.05) is 5.73 Å². The van der Waals surface area contributed by atoms with Gasteiger partial charge in [0.05, 0.1) is 18.5 Å². The molecule has 7 nitrogen and oxygen atoms in total. The highest BCUT2D eigenvalue weighted by molar-refractivity contribution is 5.88. The van der Waals surface area contributed by atoms with Gasteiger partial charge in [0, 0.05) is 17.0 Å². The van der Waals surface area contributed by atoms with E-state index in [-0.39, 0.29) is 11.6 Å². The molecule has 3 N–H and O–H groups in total. The number of pyridine rings is 1. The molecular formula is C21H19F4N6O+. The predicted molar refractivity (Wildman–Crippen MR) is 109 cm³/mol. The number of nitrogens with zero attached hydrogens (tertiary/aromatic N) is 4. The second kappa shape index (κ2) is 7.74. The second-order valence-electron chi connectivity index (χ2n) is 7.44. The number of halogens is 4. The molecule has 0 radical (unpaired) electrons. The molecule has 11 heteroatoms. The summed E-state index contributed by atoms with van der Waals surface area (Å²) in [5, 5.41) is 4.19. The number of nitrogens with two attached hydrogens (primary N) is 1. The summed E-state index contributed by atoms with van der Waals surface area (Å²) in [4.78, 5) is 20.1. The molecular weight excluding hydrogens is 428 g/mol. The number of fused-ring (bicyclic) bond motifs is 1.